The zero-order valence-electron chi connectivity index (χ0n) is 12.3. The number of carbonyl (C=O) groups excluding carboxylic acids is 1. The van der Waals surface area contributed by atoms with Gasteiger partial charge in [0.1, 0.15) is 0 Å². The number of rotatable bonds is 4. The van der Waals surface area contributed by atoms with E-state index in [1.807, 2.05) is 23.1 Å². The highest BCUT2D eigenvalue weighted by atomic mass is 16.2. The van der Waals surface area contributed by atoms with Crippen LogP contribution in [0.15, 0.2) is 24.3 Å². The molecule has 4 nitrogen and oxygen atoms in total. The molecule has 4 heteroatoms. The van der Waals surface area contributed by atoms with E-state index in [1.54, 1.807) is 6.07 Å². The van der Waals surface area contributed by atoms with Gasteiger partial charge >= 0.3 is 0 Å². The summed E-state index contributed by atoms with van der Waals surface area (Å²) in [5.41, 5.74) is 7.10. The Morgan fingerprint density at radius 3 is 2.85 bits per heavy atom. The minimum absolute atomic E-state index is 0.106. The summed E-state index contributed by atoms with van der Waals surface area (Å²) in [5.74, 6) is 0.106. The van der Waals surface area contributed by atoms with Crippen LogP contribution in [0.3, 0.4) is 0 Å². The molecule has 0 atom stereocenters. The van der Waals surface area contributed by atoms with Crippen LogP contribution in [0.4, 0.5) is 5.69 Å². The third-order valence-corrected chi connectivity index (χ3v) is 3.84. The van der Waals surface area contributed by atoms with Crippen LogP contribution in [0, 0.1) is 0 Å². The summed E-state index contributed by atoms with van der Waals surface area (Å²) in [7, 11) is 0. The largest absolute Gasteiger partial charge is 0.399 e. The van der Waals surface area contributed by atoms with Gasteiger partial charge in [-0.15, -0.1) is 0 Å². The number of nitrogens with two attached hydrogens (primary N) is 1. The Morgan fingerprint density at radius 2 is 2.10 bits per heavy atom. The number of benzene rings is 1. The van der Waals surface area contributed by atoms with Gasteiger partial charge in [0.2, 0.25) is 0 Å². The molecule has 20 heavy (non-hydrogen) atoms. The molecule has 1 aliphatic heterocycles. The quantitative estimate of drug-likeness (QED) is 0.857. The highest BCUT2D eigenvalue weighted by molar-refractivity contribution is 5.95. The van der Waals surface area contributed by atoms with Crippen molar-refractivity contribution in [2.24, 2.45) is 0 Å². The summed E-state index contributed by atoms with van der Waals surface area (Å²) in [6, 6.07) is 7.26. The van der Waals surface area contributed by atoms with Crippen LogP contribution in [-0.4, -0.2) is 48.4 Å². The fourth-order valence-corrected chi connectivity index (χ4v) is 2.63. The number of nitrogen functional groups attached to an aromatic ring is 1. The van der Waals surface area contributed by atoms with Crippen LogP contribution in [0.5, 0.6) is 0 Å². The van der Waals surface area contributed by atoms with Gasteiger partial charge in [-0.2, -0.15) is 0 Å². The molecule has 0 aliphatic carbocycles. The van der Waals surface area contributed by atoms with E-state index in [1.165, 1.54) is 12.8 Å². The second kappa shape index (κ2) is 7.29. The van der Waals surface area contributed by atoms with Crippen molar-refractivity contribution in [2.45, 2.75) is 26.2 Å². The molecule has 1 aromatic carbocycles. The topological polar surface area (TPSA) is 49.6 Å². The Labute approximate surface area is 121 Å². The van der Waals surface area contributed by atoms with Crippen molar-refractivity contribution < 1.29 is 4.79 Å². The van der Waals surface area contributed by atoms with Crippen molar-refractivity contribution >= 4 is 11.6 Å². The van der Waals surface area contributed by atoms with Gasteiger partial charge < -0.3 is 15.5 Å². The molecule has 2 N–H and O–H groups in total. The van der Waals surface area contributed by atoms with Gasteiger partial charge in [0, 0.05) is 30.9 Å². The van der Waals surface area contributed by atoms with Crippen molar-refractivity contribution in [1.29, 1.82) is 0 Å². The summed E-state index contributed by atoms with van der Waals surface area (Å²) in [4.78, 5) is 16.9. The Morgan fingerprint density at radius 1 is 1.25 bits per heavy atom. The molecule has 1 amide bonds. The number of nitrogens with zero attached hydrogens (tertiary/aromatic N) is 2. The van der Waals surface area contributed by atoms with Crippen LogP contribution in [0.25, 0.3) is 0 Å². The first-order chi connectivity index (χ1) is 9.70. The van der Waals surface area contributed by atoms with Crippen molar-refractivity contribution in [3.05, 3.63) is 29.8 Å². The maximum absolute atomic E-state index is 12.5. The van der Waals surface area contributed by atoms with Gasteiger partial charge in [-0.1, -0.05) is 19.4 Å². The standard InChI is InChI=1S/C16H25N3O/c1-2-3-8-18-9-5-10-19(12-11-18)16(20)14-6-4-7-15(17)13-14/h4,6-7,13H,2-3,5,8-12,17H2,1H3. The number of hydrogen-bond donors (Lipinski definition) is 1. The van der Waals surface area contributed by atoms with E-state index in [2.05, 4.69) is 11.8 Å². The van der Waals surface area contributed by atoms with Gasteiger partial charge in [-0.3, -0.25) is 4.79 Å². The molecule has 1 fully saturated rings. The highest BCUT2D eigenvalue weighted by Crippen LogP contribution is 2.12. The highest BCUT2D eigenvalue weighted by Gasteiger charge is 2.19. The molecule has 0 aromatic heterocycles. The normalized spacial score (nSPS) is 16.9. The second-order valence-electron chi connectivity index (χ2n) is 5.47. The Balaban J connectivity index is 1.94. The third kappa shape index (κ3) is 3.97. The smallest absolute Gasteiger partial charge is 0.253 e. The van der Waals surface area contributed by atoms with Crippen LogP contribution in [0.2, 0.25) is 0 Å². The van der Waals surface area contributed by atoms with Gasteiger partial charge in [0.15, 0.2) is 0 Å². The summed E-state index contributed by atoms with van der Waals surface area (Å²) in [6.45, 7) is 7.10. The van der Waals surface area contributed by atoms with E-state index >= 15 is 0 Å². The van der Waals surface area contributed by atoms with E-state index in [0.29, 0.717) is 11.3 Å². The lowest BCUT2D eigenvalue weighted by atomic mass is 10.1. The van der Waals surface area contributed by atoms with Gasteiger partial charge in [-0.05, 0) is 44.1 Å². The maximum atomic E-state index is 12.5. The molecule has 0 radical (unpaired) electrons. The molecule has 1 aromatic rings. The zero-order chi connectivity index (χ0) is 14.4. The lowest BCUT2D eigenvalue weighted by molar-refractivity contribution is 0.0761. The first kappa shape index (κ1) is 14.9. The molecule has 0 unspecified atom stereocenters. The Kier molecular flexibility index (Phi) is 5.41. The van der Waals surface area contributed by atoms with E-state index in [0.717, 1.165) is 39.1 Å². The van der Waals surface area contributed by atoms with Crippen molar-refractivity contribution in [3.63, 3.8) is 0 Å². The molecule has 0 saturated carbocycles. The van der Waals surface area contributed by atoms with Crippen molar-refractivity contribution in [1.82, 2.24) is 9.80 Å². The third-order valence-electron chi connectivity index (χ3n) is 3.84. The van der Waals surface area contributed by atoms with Gasteiger partial charge in [0.05, 0.1) is 0 Å². The van der Waals surface area contributed by atoms with E-state index in [4.69, 9.17) is 5.73 Å². The molecule has 0 spiro atoms. The molecule has 0 bridgehead atoms. The van der Waals surface area contributed by atoms with Gasteiger partial charge in [-0.25, -0.2) is 0 Å². The monoisotopic (exact) mass is 275 g/mol. The SMILES string of the molecule is CCCCN1CCCN(C(=O)c2cccc(N)c2)CC1. The lowest BCUT2D eigenvalue weighted by Gasteiger charge is -2.22. The molecule has 1 aliphatic rings. The fourth-order valence-electron chi connectivity index (χ4n) is 2.63. The molecule has 2 rings (SSSR count). The summed E-state index contributed by atoms with van der Waals surface area (Å²) >= 11 is 0. The summed E-state index contributed by atoms with van der Waals surface area (Å²) in [5, 5.41) is 0. The predicted octanol–water partition coefficient (Wildman–Crippen LogP) is 2.22. The fraction of sp³-hybridized carbons (Fsp3) is 0.562. The number of amides is 1. The van der Waals surface area contributed by atoms with E-state index in [9.17, 15) is 4.79 Å². The minimum Gasteiger partial charge on any atom is -0.399 e. The van der Waals surface area contributed by atoms with Crippen molar-refractivity contribution in [3.8, 4) is 0 Å². The van der Waals surface area contributed by atoms with Gasteiger partial charge in [0.25, 0.3) is 5.91 Å². The van der Waals surface area contributed by atoms with E-state index in [-0.39, 0.29) is 5.91 Å². The Hall–Kier alpha value is -1.55. The molecule has 1 saturated heterocycles. The maximum Gasteiger partial charge on any atom is 0.253 e. The molecular formula is C16H25N3O. The van der Waals surface area contributed by atoms with Crippen LogP contribution < -0.4 is 5.73 Å². The van der Waals surface area contributed by atoms with Crippen LogP contribution >= 0.6 is 0 Å². The number of anilines is 1. The zero-order valence-corrected chi connectivity index (χ0v) is 12.3. The number of carbonyl (C=O) groups is 1. The Bertz CT molecular complexity index is 447. The number of unbranched alkanes of at least 4 members (excludes halogenated alkanes) is 1. The predicted molar refractivity (Wildman–Crippen MR) is 82.7 cm³/mol. The average Bonchev–Trinajstić information content (AvgIpc) is 2.70. The van der Waals surface area contributed by atoms with Crippen LogP contribution in [0.1, 0.15) is 36.5 Å². The lowest BCUT2D eigenvalue weighted by Crippen LogP contribution is -2.35. The molecule has 110 valence electrons. The van der Waals surface area contributed by atoms with E-state index < -0.39 is 0 Å². The first-order valence-electron chi connectivity index (χ1n) is 7.58. The summed E-state index contributed by atoms with van der Waals surface area (Å²) < 4.78 is 0. The molecular weight excluding hydrogens is 250 g/mol. The average molecular weight is 275 g/mol. The first-order valence-corrected chi connectivity index (χ1v) is 7.58. The molecule has 1 heterocycles. The minimum atomic E-state index is 0.106. The summed E-state index contributed by atoms with van der Waals surface area (Å²) in [6.07, 6.45) is 3.52. The number of hydrogen-bond acceptors (Lipinski definition) is 3. The van der Waals surface area contributed by atoms with Crippen LogP contribution in [-0.2, 0) is 0 Å². The second-order valence-corrected chi connectivity index (χ2v) is 5.47. The van der Waals surface area contributed by atoms with Crippen molar-refractivity contribution in [2.75, 3.05) is 38.5 Å².